The number of amides is 2. The van der Waals surface area contributed by atoms with E-state index in [0.717, 1.165) is 44.2 Å². The van der Waals surface area contributed by atoms with Crippen molar-refractivity contribution in [3.8, 4) is 5.75 Å². The average Bonchev–Trinajstić information content (AvgIpc) is 3.02. The molecular weight excluding hydrogens is 673 g/mol. The van der Waals surface area contributed by atoms with E-state index in [2.05, 4.69) is 21.2 Å². The minimum absolute atomic E-state index is 0.0367. The summed E-state index contributed by atoms with van der Waals surface area (Å²) < 4.78 is 49.2. The first-order valence-electron chi connectivity index (χ1n) is 14.9. The first-order chi connectivity index (χ1) is 22.0. The van der Waals surface area contributed by atoms with Crippen molar-refractivity contribution in [3.05, 3.63) is 125 Å². The van der Waals surface area contributed by atoms with E-state index in [0.29, 0.717) is 12.4 Å². The molecule has 0 saturated carbocycles. The van der Waals surface area contributed by atoms with E-state index >= 15 is 0 Å². The number of carbonyl (C=O) groups is 2. The van der Waals surface area contributed by atoms with Crippen LogP contribution in [0.25, 0.3) is 0 Å². The summed E-state index contributed by atoms with van der Waals surface area (Å²) in [6, 6.07) is 26.3. The Morgan fingerprint density at radius 2 is 1.54 bits per heavy atom. The highest BCUT2D eigenvalue weighted by molar-refractivity contribution is 9.10. The molecule has 242 valence electrons. The molecular formula is C35H37BrFN3O5S. The molecule has 0 aliphatic heterocycles. The van der Waals surface area contributed by atoms with Gasteiger partial charge >= 0.3 is 0 Å². The summed E-state index contributed by atoms with van der Waals surface area (Å²) in [6.45, 7) is 5.33. The van der Waals surface area contributed by atoms with Crippen LogP contribution in [0.5, 0.6) is 5.75 Å². The minimum Gasteiger partial charge on any atom is -0.494 e. The number of sulfonamides is 1. The Balaban J connectivity index is 1.80. The molecule has 0 aliphatic rings. The highest BCUT2D eigenvalue weighted by atomic mass is 79.9. The Bertz CT molecular complexity index is 1720. The third-order valence-corrected chi connectivity index (χ3v) is 9.34. The van der Waals surface area contributed by atoms with Crippen LogP contribution in [0.1, 0.15) is 31.9 Å². The molecule has 4 aromatic rings. The van der Waals surface area contributed by atoms with Gasteiger partial charge in [0.15, 0.2) is 0 Å². The fourth-order valence-electron chi connectivity index (χ4n) is 4.90. The predicted molar refractivity (Wildman–Crippen MR) is 180 cm³/mol. The quantitative estimate of drug-likeness (QED) is 0.165. The Morgan fingerprint density at radius 1 is 0.891 bits per heavy atom. The lowest BCUT2D eigenvalue weighted by Gasteiger charge is -2.34. The zero-order valence-electron chi connectivity index (χ0n) is 25.9. The number of carbonyl (C=O) groups excluding carboxylic acids is 2. The molecule has 1 atom stereocenters. The van der Waals surface area contributed by atoms with E-state index in [9.17, 15) is 22.4 Å². The summed E-state index contributed by atoms with van der Waals surface area (Å²) in [5.41, 5.74) is 1.78. The van der Waals surface area contributed by atoms with Gasteiger partial charge in [0.25, 0.3) is 10.0 Å². The smallest absolute Gasteiger partial charge is 0.264 e. The van der Waals surface area contributed by atoms with Crippen LogP contribution in [-0.2, 0) is 32.6 Å². The van der Waals surface area contributed by atoms with Gasteiger partial charge in [0, 0.05) is 23.5 Å². The van der Waals surface area contributed by atoms with Crippen LogP contribution in [-0.4, -0.2) is 50.4 Å². The van der Waals surface area contributed by atoms with Crippen LogP contribution in [0.15, 0.2) is 112 Å². The molecule has 0 bridgehead atoms. The molecule has 1 unspecified atom stereocenters. The minimum atomic E-state index is -4.36. The number of hydrogen-bond donors (Lipinski definition) is 1. The fraction of sp³-hybridized carbons (Fsp3) is 0.257. The van der Waals surface area contributed by atoms with Gasteiger partial charge in [0.05, 0.1) is 17.2 Å². The van der Waals surface area contributed by atoms with Crippen molar-refractivity contribution in [2.24, 2.45) is 0 Å². The maximum atomic E-state index is 14.5. The molecule has 4 rings (SSSR count). The molecule has 0 radical (unpaired) electrons. The summed E-state index contributed by atoms with van der Waals surface area (Å²) in [4.78, 5) is 29.5. The molecule has 0 aromatic heterocycles. The van der Waals surface area contributed by atoms with Crippen molar-refractivity contribution in [3.63, 3.8) is 0 Å². The highest BCUT2D eigenvalue weighted by Crippen LogP contribution is 2.27. The van der Waals surface area contributed by atoms with Crippen LogP contribution in [0.2, 0.25) is 0 Å². The van der Waals surface area contributed by atoms with Crippen molar-refractivity contribution in [2.75, 3.05) is 17.5 Å². The van der Waals surface area contributed by atoms with E-state index in [-0.39, 0.29) is 35.5 Å². The molecule has 46 heavy (non-hydrogen) atoms. The van der Waals surface area contributed by atoms with E-state index in [4.69, 9.17) is 4.74 Å². The number of ether oxygens (including phenoxy) is 1. The van der Waals surface area contributed by atoms with Gasteiger partial charge in [-0.15, -0.1) is 0 Å². The number of nitrogens with zero attached hydrogens (tertiary/aromatic N) is 2. The molecule has 1 N–H and O–H groups in total. The third kappa shape index (κ3) is 9.17. The SMILES string of the molecule is CCOc1ccc(N(CC(=O)N(Cc2cccc(Br)c2)C(Cc2ccccc2)C(=O)NC(C)C)S(=O)(=O)c2ccc(F)cc2)cc1. The van der Waals surface area contributed by atoms with Gasteiger partial charge in [-0.25, -0.2) is 12.8 Å². The summed E-state index contributed by atoms with van der Waals surface area (Å²) >= 11 is 3.48. The van der Waals surface area contributed by atoms with Crippen LogP contribution in [0.3, 0.4) is 0 Å². The van der Waals surface area contributed by atoms with Crippen LogP contribution in [0, 0.1) is 5.82 Å². The number of rotatable bonds is 14. The summed E-state index contributed by atoms with van der Waals surface area (Å²) in [6.07, 6.45) is 0.201. The normalized spacial score (nSPS) is 12.0. The standard InChI is InChI=1S/C35H37BrFN3O5S/c1-4-45-31-17-15-30(16-18-31)40(46(43,44)32-19-13-29(37)14-20-32)24-34(41)39(23-27-11-8-12-28(36)21-27)33(35(42)38-25(2)3)22-26-9-6-5-7-10-26/h5-21,25,33H,4,22-24H2,1-3H3,(H,38,42). The van der Waals surface area contributed by atoms with Crippen molar-refractivity contribution in [1.29, 1.82) is 0 Å². The Labute approximate surface area is 278 Å². The highest BCUT2D eigenvalue weighted by Gasteiger charge is 2.35. The predicted octanol–water partition coefficient (Wildman–Crippen LogP) is 6.35. The zero-order chi connectivity index (χ0) is 33.3. The second kappa shape index (κ2) is 15.9. The number of halogens is 2. The lowest BCUT2D eigenvalue weighted by Crippen LogP contribution is -2.54. The second-order valence-corrected chi connectivity index (χ2v) is 13.7. The molecule has 11 heteroatoms. The number of nitrogens with one attached hydrogen (secondary N) is 1. The molecule has 0 aliphatic carbocycles. The van der Waals surface area contributed by atoms with E-state index in [1.165, 1.54) is 4.90 Å². The van der Waals surface area contributed by atoms with E-state index in [1.54, 1.807) is 24.3 Å². The lowest BCUT2D eigenvalue weighted by atomic mass is 10.0. The molecule has 2 amide bonds. The maximum Gasteiger partial charge on any atom is 0.264 e. The fourth-order valence-corrected chi connectivity index (χ4v) is 6.77. The van der Waals surface area contributed by atoms with Crippen molar-refractivity contribution in [1.82, 2.24) is 10.2 Å². The van der Waals surface area contributed by atoms with E-state index in [1.807, 2.05) is 75.4 Å². The van der Waals surface area contributed by atoms with Crippen molar-refractivity contribution >= 4 is 43.5 Å². The van der Waals surface area contributed by atoms with Gasteiger partial charge in [-0.2, -0.15) is 0 Å². The van der Waals surface area contributed by atoms with E-state index < -0.39 is 34.3 Å². The summed E-state index contributed by atoms with van der Waals surface area (Å²) in [5.74, 6) is -1.03. The van der Waals surface area contributed by atoms with Gasteiger partial charge in [-0.3, -0.25) is 13.9 Å². The molecule has 4 aromatic carbocycles. The first-order valence-corrected chi connectivity index (χ1v) is 17.1. The van der Waals surface area contributed by atoms with Crippen LogP contribution in [0.4, 0.5) is 10.1 Å². The lowest BCUT2D eigenvalue weighted by molar-refractivity contribution is -0.140. The summed E-state index contributed by atoms with van der Waals surface area (Å²) in [5, 5.41) is 2.94. The number of benzene rings is 4. The van der Waals surface area contributed by atoms with Crippen LogP contribution < -0.4 is 14.4 Å². The second-order valence-electron chi connectivity index (χ2n) is 10.9. The van der Waals surface area contributed by atoms with Crippen LogP contribution >= 0.6 is 15.9 Å². The maximum absolute atomic E-state index is 14.5. The van der Waals surface area contributed by atoms with Gasteiger partial charge in [0.2, 0.25) is 11.8 Å². The largest absolute Gasteiger partial charge is 0.494 e. The Kier molecular flexibility index (Phi) is 11.9. The van der Waals surface area contributed by atoms with Gasteiger partial charge in [-0.1, -0.05) is 58.4 Å². The molecule has 0 saturated heterocycles. The van der Waals surface area contributed by atoms with Crippen molar-refractivity contribution < 1.29 is 27.1 Å². The Hall–Kier alpha value is -4.22. The molecule has 0 fully saturated rings. The first kappa shape index (κ1) is 34.6. The molecule has 0 spiro atoms. The average molecular weight is 711 g/mol. The Morgan fingerprint density at radius 3 is 2.15 bits per heavy atom. The number of anilines is 1. The van der Waals surface area contributed by atoms with Crippen molar-refractivity contribution in [2.45, 2.75) is 50.7 Å². The third-order valence-electron chi connectivity index (χ3n) is 7.06. The monoisotopic (exact) mass is 709 g/mol. The number of hydrogen-bond acceptors (Lipinski definition) is 5. The van der Waals surface area contributed by atoms with Gasteiger partial charge in [0.1, 0.15) is 24.2 Å². The topological polar surface area (TPSA) is 96.0 Å². The molecule has 8 nitrogen and oxygen atoms in total. The zero-order valence-corrected chi connectivity index (χ0v) is 28.3. The molecule has 0 heterocycles. The van der Waals surface area contributed by atoms with Gasteiger partial charge in [-0.05, 0) is 92.6 Å². The summed E-state index contributed by atoms with van der Waals surface area (Å²) in [7, 11) is -4.36. The van der Waals surface area contributed by atoms with Gasteiger partial charge < -0.3 is 15.0 Å².